The monoisotopic (exact) mass is 237 g/mol. The van der Waals surface area contributed by atoms with Gasteiger partial charge in [0, 0.05) is 12.4 Å². The molecule has 1 heterocycles. The summed E-state index contributed by atoms with van der Waals surface area (Å²) >= 11 is 0. The van der Waals surface area contributed by atoms with Crippen LogP contribution in [0.15, 0.2) is 24.5 Å². The Morgan fingerprint density at radius 1 is 1.47 bits per heavy atom. The fourth-order valence-electron chi connectivity index (χ4n) is 1.34. The number of aromatic nitrogens is 1. The highest BCUT2D eigenvalue weighted by molar-refractivity contribution is 5.86. The summed E-state index contributed by atoms with van der Waals surface area (Å²) < 4.78 is 0. The van der Waals surface area contributed by atoms with Gasteiger partial charge >= 0.3 is 5.97 Å². The molecule has 17 heavy (non-hydrogen) atoms. The molecular formula is C11H15N3O3. The summed E-state index contributed by atoms with van der Waals surface area (Å²) in [6, 6.07) is 2.28. The normalized spacial score (nSPS) is 13.8. The Kier molecular flexibility index (Phi) is 4.59. The lowest BCUT2D eigenvalue weighted by Crippen LogP contribution is -2.42. The topological polar surface area (TPSA) is 105 Å². The van der Waals surface area contributed by atoms with Crippen LogP contribution in [-0.2, 0) is 9.59 Å². The number of rotatable bonds is 5. The number of hydrogen-bond acceptors (Lipinski definition) is 4. The Hall–Kier alpha value is -1.95. The molecule has 6 nitrogen and oxygen atoms in total. The van der Waals surface area contributed by atoms with E-state index in [1.807, 2.05) is 0 Å². The minimum absolute atomic E-state index is 0.231. The summed E-state index contributed by atoms with van der Waals surface area (Å²) in [4.78, 5) is 25.8. The summed E-state index contributed by atoms with van der Waals surface area (Å²) in [6.07, 6.45) is 2.86. The van der Waals surface area contributed by atoms with E-state index in [1.54, 1.807) is 31.5 Å². The highest BCUT2D eigenvalue weighted by atomic mass is 16.4. The molecule has 1 amide bonds. The van der Waals surface area contributed by atoms with Crippen LogP contribution in [-0.4, -0.2) is 28.0 Å². The van der Waals surface area contributed by atoms with Gasteiger partial charge in [-0.15, -0.1) is 0 Å². The summed E-state index contributed by atoms with van der Waals surface area (Å²) in [5.74, 6) is -1.57. The van der Waals surface area contributed by atoms with Gasteiger partial charge in [0.15, 0.2) is 0 Å². The maximum absolute atomic E-state index is 11.5. The minimum atomic E-state index is -1.09. The number of carboxylic acid groups (broad SMARTS) is 1. The second-order valence-electron chi connectivity index (χ2n) is 3.72. The minimum Gasteiger partial charge on any atom is -0.481 e. The number of pyridine rings is 1. The van der Waals surface area contributed by atoms with E-state index in [0.29, 0.717) is 0 Å². The third kappa shape index (κ3) is 4.20. The molecule has 0 bridgehead atoms. The van der Waals surface area contributed by atoms with Gasteiger partial charge in [-0.1, -0.05) is 0 Å². The van der Waals surface area contributed by atoms with Crippen molar-refractivity contribution in [2.24, 2.45) is 5.73 Å². The maximum atomic E-state index is 11.5. The van der Waals surface area contributed by atoms with Gasteiger partial charge in [0.1, 0.15) is 0 Å². The quantitative estimate of drug-likeness (QED) is 0.671. The molecule has 6 heteroatoms. The van der Waals surface area contributed by atoms with Crippen LogP contribution in [0.25, 0.3) is 0 Å². The lowest BCUT2D eigenvalue weighted by atomic mass is 10.1. The van der Waals surface area contributed by atoms with Crippen LogP contribution in [0.2, 0.25) is 0 Å². The van der Waals surface area contributed by atoms with E-state index in [9.17, 15) is 9.59 Å². The first kappa shape index (κ1) is 13.1. The Balaban J connectivity index is 2.54. The number of nitrogens with zero attached hydrogens (tertiary/aromatic N) is 1. The first-order valence-electron chi connectivity index (χ1n) is 5.18. The molecule has 92 valence electrons. The van der Waals surface area contributed by atoms with Crippen LogP contribution in [0.4, 0.5) is 0 Å². The van der Waals surface area contributed by atoms with Gasteiger partial charge < -0.3 is 16.2 Å². The van der Waals surface area contributed by atoms with Gasteiger partial charge in [-0.3, -0.25) is 14.6 Å². The molecule has 0 aliphatic rings. The van der Waals surface area contributed by atoms with E-state index >= 15 is 0 Å². The van der Waals surface area contributed by atoms with E-state index in [-0.39, 0.29) is 12.5 Å². The molecule has 0 aliphatic carbocycles. The summed E-state index contributed by atoms with van der Waals surface area (Å²) in [5, 5.41) is 11.2. The molecule has 1 aromatic rings. The molecule has 2 atom stereocenters. The molecule has 0 spiro atoms. The molecule has 1 rings (SSSR count). The molecule has 0 radical (unpaired) electrons. The maximum Gasteiger partial charge on any atom is 0.305 e. The van der Waals surface area contributed by atoms with Crippen LogP contribution >= 0.6 is 0 Å². The van der Waals surface area contributed by atoms with Gasteiger partial charge in [-0.2, -0.15) is 0 Å². The van der Waals surface area contributed by atoms with Gasteiger partial charge in [-0.25, -0.2) is 0 Å². The van der Waals surface area contributed by atoms with Crippen LogP contribution < -0.4 is 11.1 Å². The van der Waals surface area contributed by atoms with E-state index in [2.05, 4.69) is 10.3 Å². The van der Waals surface area contributed by atoms with Crippen molar-refractivity contribution in [1.29, 1.82) is 0 Å². The third-order valence-corrected chi connectivity index (χ3v) is 2.30. The molecule has 0 fully saturated rings. The fraction of sp³-hybridized carbons (Fsp3) is 0.364. The number of nitrogens with one attached hydrogen (secondary N) is 1. The molecule has 1 aromatic heterocycles. The lowest BCUT2D eigenvalue weighted by Gasteiger charge is -2.16. The predicted molar refractivity (Wildman–Crippen MR) is 61.0 cm³/mol. The van der Waals surface area contributed by atoms with Gasteiger partial charge in [0.25, 0.3) is 0 Å². The van der Waals surface area contributed by atoms with Crippen molar-refractivity contribution in [3.8, 4) is 0 Å². The predicted octanol–water partition coefficient (Wildman–Crippen LogP) is 0.0608. The Bertz CT molecular complexity index is 394. The van der Waals surface area contributed by atoms with Crippen molar-refractivity contribution in [2.75, 3.05) is 0 Å². The number of carboxylic acids is 1. The number of aliphatic carboxylic acids is 1. The molecule has 1 unspecified atom stereocenters. The summed E-state index contributed by atoms with van der Waals surface area (Å²) in [5.41, 5.74) is 6.32. The van der Waals surface area contributed by atoms with Crippen molar-refractivity contribution in [2.45, 2.75) is 25.4 Å². The standard InChI is InChI=1S/C11H15N3O3/c1-7(8-2-4-13-5-3-8)14-11(17)9(12)6-10(15)16/h2-5,7,9H,6,12H2,1H3,(H,14,17)(H,15,16)/t7-,9?/m1/s1. The van der Waals surface area contributed by atoms with E-state index in [4.69, 9.17) is 10.8 Å². The zero-order valence-corrected chi connectivity index (χ0v) is 9.46. The van der Waals surface area contributed by atoms with Crippen molar-refractivity contribution in [3.05, 3.63) is 30.1 Å². The number of amides is 1. The highest BCUT2D eigenvalue weighted by Gasteiger charge is 2.19. The lowest BCUT2D eigenvalue weighted by molar-refractivity contribution is -0.139. The zero-order chi connectivity index (χ0) is 12.8. The number of carbonyl (C=O) groups excluding carboxylic acids is 1. The van der Waals surface area contributed by atoms with Gasteiger partial charge in [0.05, 0.1) is 18.5 Å². The van der Waals surface area contributed by atoms with Crippen molar-refractivity contribution in [3.63, 3.8) is 0 Å². The highest BCUT2D eigenvalue weighted by Crippen LogP contribution is 2.10. The first-order valence-corrected chi connectivity index (χ1v) is 5.18. The van der Waals surface area contributed by atoms with Gasteiger partial charge in [0.2, 0.25) is 5.91 Å². The molecule has 0 saturated heterocycles. The van der Waals surface area contributed by atoms with E-state index < -0.39 is 17.9 Å². The second kappa shape index (κ2) is 5.95. The SMILES string of the molecule is C[C@@H](NC(=O)C(N)CC(=O)O)c1ccncc1. The Labute approximate surface area is 98.8 Å². The van der Waals surface area contributed by atoms with Crippen molar-refractivity contribution in [1.82, 2.24) is 10.3 Å². The number of hydrogen-bond donors (Lipinski definition) is 3. The average Bonchev–Trinajstić information content (AvgIpc) is 2.29. The third-order valence-electron chi connectivity index (χ3n) is 2.30. The molecular weight excluding hydrogens is 222 g/mol. The number of carbonyl (C=O) groups is 2. The molecule has 0 saturated carbocycles. The zero-order valence-electron chi connectivity index (χ0n) is 9.46. The van der Waals surface area contributed by atoms with Crippen LogP contribution in [0.5, 0.6) is 0 Å². The average molecular weight is 237 g/mol. The fourth-order valence-corrected chi connectivity index (χ4v) is 1.34. The molecule has 0 aliphatic heterocycles. The molecule has 4 N–H and O–H groups in total. The Morgan fingerprint density at radius 2 is 2.06 bits per heavy atom. The van der Waals surface area contributed by atoms with Crippen LogP contribution in [0.3, 0.4) is 0 Å². The smallest absolute Gasteiger partial charge is 0.305 e. The van der Waals surface area contributed by atoms with Crippen molar-refractivity contribution < 1.29 is 14.7 Å². The van der Waals surface area contributed by atoms with Crippen LogP contribution in [0, 0.1) is 0 Å². The van der Waals surface area contributed by atoms with Crippen molar-refractivity contribution >= 4 is 11.9 Å². The largest absolute Gasteiger partial charge is 0.481 e. The number of nitrogens with two attached hydrogens (primary N) is 1. The van der Waals surface area contributed by atoms with E-state index in [1.165, 1.54) is 0 Å². The second-order valence-corrected chi connectivity index (χ2v) is 3.72. The Morgan fingerprint density at radius 3 is 2.59 bits per heavy atom. The molecule has 0 aromatic carbocycles. The van der Waals surface area contributed by atoms with Crippen LogP contribution in [0.1, 0.15) is 24.9 Å². The first-order chi connectivity index (χ1) is 8.00. The summed E-state index contributed by atoms with van der Waals surface area (Å²) in [6.45, 7) is 1.79. The van der Waals surface area contributed by atoms with Gasteiger partial charge in [-0.05, 0) is 24.6 Å². The summed E-state index contributed by atoms with van der Waals surface area (Å²) in [7, 11) is 0. The van der Waals surface area contributed by atoms with E-state index in [0.717, 1.165) is 5.56 Å².